The highest BCUT2D eigenvalue weighted by atomic mass is 35.5. The number of anilines is 1. The Morgan fingerprint density at radius 1 is 1.16 bits per heavy atom. The van der Waals surface area contributed by atoms with Crippen molar-refractivity contribution in [1.82, 2.24) is 9.97 Å². The Balaban J connectivity index is 1.57. The summed E-state index contributed by atoms with van der Waals surface area (Å²) >= 11 is 6.58. The molecule has 0 saturated heterocycles. The average molecular weight is 436 g/mol. The number of halogens is 1. The maximum Gasteiger partial charge on any atom is 0.148 e. The van der Waals surface area contributed by atoms with Gasteiger partial charge in [-0.1, -0.05) is 42.8 Å². The molecule has 0 amide bonds. The number of hydrogen-bond acceptors (Lipinski definition) is 5. The highest BCUT2D eigenvalue weighted by Gasteiger charge is 2.35. The predicted octanol–water partition coefficient (Wildman–Crippen LogP) is 5.32. The first-order valence-electron chi connectivity index (χ1n) is 10.9. The Morgan fingerprint density at radius 2 is 1.97 bits per heavy atom. The molecule has 0 bridgehead atoms. The van der Waals surface area contributed by atoms with Gasteiger partial charge in [0.1, 0.15) is 11.6 Å². The molecule has 1 fully saturated rings. The number of aliphatic hydroxyl groups excluding tert-OH is 1. The van der Waals surface area contributed by atoms with Gasteiger partial charge in [0, 0.05) is 17.9 Å². The first-order valence-corrected chi connectivity index (χ1v) is 11.2. The molecule has 5 nitrogen and oxygen atoms in total. The second kappa shape index (κ2) is 8.13. The number of aliphatic hydroxyl groups is 1. The lowest BCUT2D eigenvalue weighted by Crippen LogP contribution is -2.23. The van der Waals surface area contributed by atoms with Crippen LogP contribution in [0.25, 0.3) is 11.3 Å². The quantitative estimate of drug-likeness (QED) is 0.548. The lowest BCUT2D eigenvalue weighted by molar-refractivity contribution is 0.165. The highest BCUT2D eigenvalue weighted by molar-refractivity contribution is 6.33. The monoisotopic (exact) mass is 435 g/mol. The minimum Gasteiger partial charge on any atom is -0.497 e. The van der Waals surface area contributed by atoms with E-state index in [1.807, 2.05) is 30.3 Å². The van der Waals surface area contributed by atoms with E-state index in [2.05, 4.69) is 24.4 Å². The molecule has 1 saturated carbocycles. The summed E-state index contributed by atoms with van der Waals surface area (Å²) < 4.78 is 5.29. The minimum atomic E-state index is -0.480. The Bertz CT molecular complexity index is 1130. The van der Waals surface area contributed by atoms with Gasteiger partial charge in [-0.3, -0.25) is 0 Å². The van der Waals surface area contributed by atoms with Gasteiger partial charge in [0.15, 0.2) is 0 Å². The van der Waals surface area contributed by atoms with E-state index in [4.69, 9.17) is 26.3 Å². The number of aromatic nitrogens is 2. The van der Waals surface area contributed by atoms with Gasteiger partial charge < -0.3 is 15.2 Å². The van der Waals surface area contributed by atoms with Crippen molar-refractivity contribution < 1.29 is 9.84 Å². The summed E-state index contributed by atoms with van der Waals surface area (Å²) in [6.45, 7) is 2.07. The van der Waals surface area contributed by atoms with Gasteiger partial charge in [-0.15, -0.1) is 0 Å². The summed E-state index contributed by atoms with van der Waals surface area (Å²) in [5.41, 5.74) is 5.88. The summed E-state index contributed by atoms with van der Waals surface area (Å²) in [5, 5.41) is 14.9. The summed E-state index contributed by atoms with van der Waals surface area (Å²) in [6.07, 6.45) is 3.11. The molecular weight excluding hydrogens is 410 g/mol. The number of ether oxygens (including phenoxy) is 1. The third-order valence-corrected chi connectivity index (χ3v) is 6.53. The van der Waals surface area contributed by atoms with E-state index in [9.17, 15) is 5.11 Å². The van der Waals surface area contributed by atoms with Crippen molar-refractivity contribution in [2.45, 2.75) is 50.7 Å². The fraction of sp³-hybridized carbons (Fsp3) is 0.360. The van der Waals surface area contributed by atoms with Crippen LogP contribution < -0.4 is 10.1 Å². The topological polar surface area (TPSA) is 67.3 Å². The zero-order valence-corrected chi connectivity index (χ0v) is 18.5. The number of nitrogens with one attached hydrogen (secondary N) is 1. The van der Waals surface area contributed by atoms with Gasteiger partial charge >= 0.3 is 0 Å². The summed E-state index contributed by atoms with van der Waals surface area (Å²) in [6, 6.07) is 13.7. The van der Waals surface area contributed by atoms with Crippen molar-refractivity contribution in [3.05, 3.63) is 70.0 Å². The number of nitrogens with zero attached hydrogens (tertiary/aromatic N) is 2. The van der Waals surface area contributed by atoms with Crippen LogP contribution in [0.1, 0.15) is 54.2 Å². The van der Waals surface area contributed by atoms with Crippen LogP contribution in [0, 0.1) is 0 Å². The van der Waals surface area contributed by atoms with Gasteiger partial charge in [0.25, 0.3) is 0 Å². The maximum absolute atomic E-state index is 10.7. The minimum absolute atomic E-state index is 0.178. The SMILES string of the molecule is CCc1nc(NC2c3ccccc3CC2O)c(C2CC2)nc1-c1ccc(OC)cc1Cl. The number of benzene rings is 2. The van der Waals surface area contributed by atoms with E-state index >= 15 is 0 Å². The molecule has 1 heterocycles. The first kappa shape index (κ1) is 20.3. The Morgan fingerprint density at radius 3 is 2.68 bits per heavy atom. The molecule has 1 aromatic heterocycles. The number of fused-ring (bicyclic) bond motifs is 1. The molecule has 0 spiro atoms. The summed E-state index contributed by atoms with van der Waals surface area (Å²) in [5.74, 6) is 1.90. The number of rotatable bonds is 6. The predicted molar refractivity (Wildman–Crippen MR) is 123 cm³/mol. The average Bonchev–Trinajstić information content (AvgIpc) is 3.58. The van der Waals surface area contributed by atoms with Crippen LogP contribution in [0.3, 0.4) is 0 Å². The summed E-state index contributed by atoms with van der Waals surface area (Å²) in [4.78, 5) is 10.1. The first-order chi connectivity index (χ1) is 15.1. The van der Waals surface area contributed by atoms with Crippen molar-refractivity contribution in [2.24, 2.45) is 0 Å². The zero-order chi connectivity index (χ0) is 21.5. The Kier molecular flexibility index (Phi) is 5.32. The molecule has 2 aliphatic carbocycles. The van der Waals surface area contributed by atoms with Crippen molar-refractivity contribution in [3.8, 4) is 17.0 Å². The molecule has 0 radical (unpaired) electrons. The number of aryl methyl sites for hydroxylation is 1. The molecule has 5 rings (SSSR count). The van der Waals surface area contributed by atoms with E-state index in [1.165, 1.54) is 5.56 Å². The largest absolute Gasteiger partial charge is 0.497 e. The van der Waals surface area contributed by atoms with Crippen molar-refractivity contribution >= 4 is 17.4 Å². The summed E-state index contributed by atoms with van der Waals surface area (Å²) in [7, 11) is 1.63. The molecule has 2 aromatic carbocycles. The smallest absolute Gasteiger partial charge is 0.148 e. The van der Waals surface area contributed by atoms with Crippen LogP contribution in [0.2, 0.25) is 5.02 Å². The molecule has 6 heteroatoms. The lowest BCUT2D eigenvalue weighted by Gasteiger charge is -2.22. The Labute approximate surface area is 187 Å². The standard InChI is InChI=1S/C25H26ClN3O2/c1-3-20-23(18-11-10-16(31-2)13-19(18)26)28-22(14-8-9-14)25(27-20)29-24-17-7-5-4-6-15(17)12-21(24)30/h4-7,10-11,13-14,21,24,30H,3,8-9,12H2,1-2H3,(H,27,29). The highest BCUT2D eigenvalue weighted by Crippen LogP contribution is 2.45. The van der Waals surface area contributed by atoms with Crippen LogP contribution in [-0.2, 0) is 12.8 Å². The fourth-order valence-electron chi connectivity index (χ4n) is 4.40. The number of methoxy groups -OCH3 is 1. The van der Waals surface area contributed by atoms with E-state index in [1.54, 1.807) is 7.11 Å². The second-order valence-corrected chi connectivity index (χ2v) is 8.73. The molecule has 2 aliphatic rings. The van der Waals surface area contributed by atoms with E-state index in [-0.39, 0.29) is 6.04 Å². The third-order valence-electron chi connectivity index (χ3n) is 6.22. The van der Waals surface area contributed by atoms with Crippen LogP contribution >= 0.6 is 11.6 Å². The zero-order valence-electron chi connectivity index (χ0n) is 17.7. The molecule has 2 N–H and O–H groups in total. The molecular formula is C25H26ClN3O2. The fourth-order valence-corrected chi connectivity index (χ4v) is 4.66. The second-order valence-electron chi connectivity index (χ2n) is 8.32. The van der Waals surface area contributed by atoms with Gasteiger partial charge in [-0.05, 0) is 48.6 Å². The maximum atomic E-state index is 10.7. The molecule has 0 aliphatic heterocycles. The van der Waals surface area contributed by atoms with Crippen LogP contribution in [0.5, 0.6) is 5.75 Å². The van der Waals surface area contributed by atoms with Crippen LogP contribution in [-0.4, -0.2) is 28.3 Å². The normalized spacial score (nSPS) is 19.9. The molecule has 2 unspecified atom stereocenters. The van der Waals surface area contributed by atoms with Gasteiger partial charge in [-0.25, -0.2) is 9.97 Å². The van der Waals surface area contributed by atoms with Crippen LogP contribution in [0.4, 0.5) is 5.82 Å². The molecule has 31 heavy (non-hydrogen) atoms. The van der Waals surface area contributed by atoms with E-state index in [0.29, 0.717) is 23.1 Å². The van der Waals surface area contributed by atoms with Crippen molar-refractivity contribution in [1.29, 1.82) is 0 Å². The number of hydrogen-bond donors (Lipinski definition) is 2. The molecule has 2 atom stereocenters. The van der Waals surface area contributed by atoms with Crippen LogP contribution in [0.15, 0.2) is 42.5 Å². The molecule has 3 aromatic rings. The lowest BCUT2D eigenvalue weighted by atomic mass is 10.1. The van der Waals surface area contributed by atoms with E-state index in [0.717, 1.165) is 53.3 Å². The van der Waals surface area contributed by atoms with Gasteiger partial charge in [0.05, 0.1) is 41.4 Å². The van der Waals surface area contributed by atoms with E-state index < -0.39 is 6.10 Å². The Hall–Kier alpha value is -2.63. The molecule has 160 valence electrons. The third kappa shape index (κ3) is 3.77. The van der Waals surface area contributed by atoms with Crippen molar-refractivity contribution in [3.63, 3.8) is 0 Å². The van der Waals surface area contributed by atoms with Crippen molar-refractivity contribution in [2.75, 3.05) is 12.4 Å². The van der Waals surface area contributed by atoms with Gasteiger partial charge in [0.2, 0.25) is 0 Å². The van der Waals surface area contributed by atoms with Gasteiger partial charge in [-0.2, -0.15) is 0 Å².